The Bertz CT molecular complexity index is 297. The van der Waals surface area contributed by atoms with Crippen LogP contribution in [0.25, 0.3) is 0 Å². The molecule has 0 radical (unpaired) electrons. The van der Waals surface area contributed by atoms with Crippen LogP contribution in [-0.2, 0) is 6.54 Å². The maximum Gasteiger partial charge on any atom is 0.120 e. The molecule has 0 bridgehead atoms. The second-order valence-corrected chi connectivity index (χ2v) is 4.34. The Morgan fingerprint density at radius 2 is 2.12 bits per heavy atom. The molecule has 0 unspecified atom stereocenters. The fourth-order valence-corrected chi connectivity index (χ4v) is 1.54. The summed E-state index contributed by atoms with van der Waals surface area (Å²) in [5.74, 6) is 0.963. The van der Waals surface area contributed by atoms with Crippen LogP contribution in [0.15, 0.2) is 24.3 Å². The molecular weight excluding hydrogens is 198 g/mol. The molecule has 90 valence electrons. The van der Waals surface area contributed by atoms with Gasteiger partial charge < -0.3 is 10.1 Å². The van der Waals surface area contributed by atoms with Crippen molar-refractivity contribution in [1.29, 1.82) is 0 Å². The highest BCUT2D eigenvalue weighted by Crippen LogP contribution is 2.14. The van der Waals surface area contributed by atoms with Crippen molar-refractivity contribution in [3.63, 3.8) is 0 Å². The molecule has 16 heavy (non-hydrogen) atoms. The molecule has 0 aromatic heterocycles. The first-order valence-corrected chi connectivity index (χ1v) is 6.18. The lowest BCUT2D eigenvalue weighted by atomic mass is 10.2. The average Bonchev–Trinajstić information content (AvgIpc) is 2.24. The van der Waals surface area contributed by atoms with E-state index in [4.69, 9.17) is 4.74 Å². The summed E-state index contributed by atoms with van der Waals surface area (Å²) in [5.41, 5.74) is 1.29. The van der Waals surface area contributed by atoms with E-state index in [0.29, 0.717) is 0 Å². The van der Waals surface area contributed by atoms with E-state index in [1.807, 2.05) is 19.9 Å². The molecule has 1 aromatic rings. The summed E-state index contributed by atoms with van der Waals surface area (Å²) in [6, 6.07) is 8.30. The Kier molecular flexibility index (Phi) is 5.94. The van der Waals surface area contributed by atoms with Crippen LogP contribution in [0.2, 0.25) is 0 Å². The molecule has 0 amide bonds. The number of nitrogens with one attached hydrogen (secondary N) is 1. The third-order valence-electron chi connectivity index (χ3n) is 2.31. The van der Waals surface area contributed by atoms with Gasteiger partial charge in [0.2, 0.25) is 0 Å². The molecule has 0 spiro atoms. The van der Waals surface area contributed by atoms with Gasteiger partial charge in [0.1, 0.15) is 5.75 Å². The molecule has 0 heterocycles. The molecule has 0 fully saturated rings. The topological polar surface area (TPSA) is 21.3 Å². The van der Waals surface area contributed by atoms with Crippen LogP contribution in [0.5, 0.6) is 5.75 Å². The minimum atomic E-state index is 0.239. The molecular formula is C14H23NO. The summed E-state index contributed by atoms with van der Waals surface area (Å²) in [4.78, 5) is 0. The van der Waals surface area contributed by atoms with E-state index < -0.39 is 0 Å². The summed E-state index contributed by atoms with van der Waals surface area (Å²) in [6.07, 6.45) is 2.72. The van der Waals surface area contributed by atoms with Crippen LogP contribution < -0.4 is 10.1 Å². The lowest BCUT2D eigenvalue weighted by Gasteiger charge is -2.11. The largest absolute Gasteiger partial charge is 0.491 e. The van der Waals surface area contributed by atoms with Crippen molar-refractivity contribution in [2.24, 2.45) is 0 Å². The first-order valence-electron chi connectivity index (χ1n) is 6.18. The van der Waals surface area contributed by atoms with E-state index in [9.17, 15) is 0 Å². The predicted molar refractivity (Wildman–Crippen MR) is 68.8 cm³/mol. The van der Waals surface area contributed by atoms with Gasteiger partial charge >= 0.3 is 0 Å². The second-order valence-electron chi connectivity index (χ2n) is 4.34. The SMILES string of the molecule is CCCCNCc1cccc(OC(C)C)c1. The van der Waals surface area contributed by atoms with Gasteiger partial charge in [-0.25, -0.2) is 0 Å². The quantitative estimate of drug-likeness (QED) is 0.713. The van der Waals surface area contributed by atoms with Crippen LogP contribution >= 0.6 is 0 Å². The van der Waals surface area contributed by atoms with E-state index in [1.165, 1.54) is 18.4 Å². The summed E-state index contributed by atoms with van der Waals surface area (Å²) in [7, 11) is 0. The van der Waals surface area contributed by atoms with Gasteiger partial charge in [0.15, 0.2) is 0 Å². The van der Waals surface area contributed by atoms with Crippen LogP contribution in [-0.4, -0.2) is 12.6 Å². The predicted octanol–water partition coefficient (Wildman–Crippen LogP) is 3.36. The van der Waals surface area contributed by atoms with E-state index >= 15 is 0 Å². The molecule has 1 rings (SSSR count). The van der Waals surface area contributed by atoms with Crippen LogP contribution in [0, 0.1) is 0 Å². The number of unbranched alkanes of at least 4 members (excludes halogenated alkanes) is 1. The number of ether oxygens (including phenoxy) is 1. The van der Waals surface area contributed by atoms with Gasteiger partial charge in [-0.1, -0.05) is 25.5 Å². The number of rotatable bonds is 7. The zero-order valence-corrected chi connectivity index (χ0v) is 10.6. The zero-order chi connectivity index (χ0) is 11.8. The lowest BCUT2D eigenvalue weighted by molar-refractivity contribution is 0.242. The Labute approximate surface area is 99.0 Å². The normalized spacial score (nSPS) is 10.8. The van der Waals surface area contributed by atoms with Gasteiger partial charge in [-0.3, -0.25) is 0 Å². The van der Waals surface area contributed by atoms with Gasteiger partial charge in [-0.15, -0.1) is 0 Å². The van der Waals surface area contributed by atoms with Crippen molar-refractivity contribution in [3.05, 3.63) is 29.8 Å². The summed E-state index contributed by atoms with van der Waals surface area (Å²) in [6.45, 7) is 8.32. The molecule has 2 heteroatoms. The van der Waals surface area contributed by atoms with Crippen LogP contribution in [0.1, 0.15) is 39.2 Å². The first kappa shape index (κ1) is 13.0. The van der Waals surface area contributed by atoms with Gasteiger partial charge in [-0.05, 0) is 44.5 Å². The van der Waals surface area contributed by atoms with Crippen molar-refractivity contribution in [2.75, 3.05) is 6.54 Å². The van der Waals surface area contributed by atoms with Crippen LogP contribution in [0.4, 0.5) is 0 Å². The molecule has 1 aromatic carbocycles. The minimum absolute atomic E-state index is 0.239. The van der Waals surface area contributed by atoms with Gasteiger partial charge in [0.05, 0.1) is 6.10 Å². The molecule has 0 aliphatic carbocycles. The Morgan fingerprint density at radius 1 is 1.31 bits per heavy atom. The highest BCUT2D eigenvalue weighted by Gasteiger charge is 1.99. The highest BCUT2D eigenvalue weighted by atomic mass is 16.5. The fourth-order valence-electron chi connectivity index (χ4n) is 1.54. The molecule has 0 aliphatic rings. The lowest BCUT2D eigenvalue weighted by Crippen LogP contribution is -2.14. The van der Waals surface area contributed by atoms with Crippen molar-refractivity contribution in [2.45, 2.75) is 46.3 Å². The zero-order valence-electron chi connectivity index (χ0n) is 10.6. The van der Waals surface area contributed by atoms with Crippen molar-refractivity contribution in [1.82, 2.24) is 5.32 Å². The highest BCUT2D eigenvalue weighted by molar-refractivity contribution is 5.28. The van der Waals surface area contributed by atoms with Crippen molar-refractivity contribution < 1.29 is 4.74 Å². The standard InChI is InChI=1S/C14H23NO/c1-4-5-9-15-11-13-7-6-8-14(10-13)16-12(2)3/h6-8,10,12,15H,4-5,9,11H2,1-3H3. The average molecular weight is 221 g/mol. The van der Waals surface area contributed by atoms with E-state index in [1.54, 1.807) is 0 Å². The van der Waals surface area contributed by atoms with E-state index in [0.717, 1.165) is 18.8 Å². The van der Waals surface area contributed by atoms with Gasteiger partial charge in [0.25, 0.3) is 0 Å². The van der Waals surface area contributed by atoms with Gasteiger partial charge in [-0.2, -0.15) is 0 Å². The minimum Gasteiger partial charge on any atom is -0.491 e. The molecule has 0 atom stereocenters. The molecule has 0 saturated heterocycles. The third-order valence-corrected chi connectivity index (χ3v) is 2.31. The number of benzene rings is 1. The summed E-state index contributed by atoms with van der Waals surface area (Å²) in [5, 5.41) is 3.43. The van der Waals surface area contributed by atoms with E-state index in [-0.39, 0.29) is 6.10 Å². The van der Waals surface area contributed by atoms with E-state index in [2.05, 4.69) is 30.4 Å². The molecule has 0 aliphatic heterocycles. The second kappa shape index (κ2) is 7.29. The van der Waals surface area contributed by atoms with Crippen molar-refractivity contribution >= 4 is 0 Å². The van der Waals surface area contributed by atoms with Crippen molar-refractivity contribution in [3.8, 4) is 5.75 Å². The Balaban J connectivity index is 2.41. The molecule has 1 N–H and O–H groups in total. The number of hydrogen-bond acceptors (Lipinski definition) is 2. The molecule has 2 nitrogen and oxygen atoms in total. The van der Waals surface area contributed by atoms with Gasteiger partial charge in [0, 0.05) is 6.54 Å². The Morgan fingerprint density at radius 3 is 2.81 bits per heavy atom. The Hall–Kier alpha value is -1.02. The number of hydrogen-bond donors (Lipinski definition) is 1. The maximum atomic E-state index is 5.65. The summed E-state index contributed by atoms with van der Waals surface area (Å²) < 4.78 is 5.65. The third kappa shape index (κ3) is 5.17. The fraction of sp³-hybridized carbons (Fsp3) is 0.571. The monoisotopic (exact) mass is 221 g/mol. The first-order chi connectivity index (χ1) is 7.72. The molecule has 0 saturated carbocycles. The van der Waals surface area contributed by atoms with Crippen LogP contribution in [0.3, 0.4) is 0 Å². The maximum absolute atomic E-state index is 5.65. The smallest absolute Gasteiger partial charge is 0.120 e. The summed E-state index contributed by atoms with van der Waals surface area (Å²) >= 11 is 0.